The standard InChI is InChI=1S/C12H25N/c1-3-4-6-12(10-13-2)9-11-7-5-8-11/h11-13H,3-10H2,1-2H3. The van der Waals surface area contributed by atoms with Crippen LogP contribution in [0.5, 0.6) is 0 Å². The van der Waals surface area contributed by atoms with Crippen LogP contribution in [0.15, 0.2) is 0 Å². The smallest absolute Gasteiger partial charge is 0.00234 e. The zero-order chi connectivity index (χ0) is 9.52. The zero-order valence-electron chi connectivity index (χ0n) is 9.31. The lowest BCUT2D eigenvalue weighted by Gasteiger charge is -2.29. The molecule has 78 valence electrons. The summed E-state index contributed by atoms with van der Waals surface area (Å²) >= 11 is 0. The highest BCUT2D eigenvalue weighted by Crippen LogP contribution is 2.33. The van der Waals surface area contributed by atoms with E-state index in [4.69, 9.17) is 0 Å². The van der Waals surface area contributed by atoms with Crippen LogP contribution in [0, 0.1) is 11.8 Å². The molecule has 0 aromatic rings. The van der Waals surface area contributed by atoms with E-state index in [-0.39, 0.29) is 0 Å². The molecule has 1 fully saturated rings. The molecule has 0 radical (unpaired) electrons. The minimum absolute atomic E-state index is 0.954. The second-order valence-electron chi connectivity index (χ2n) is 4.60. The first kappa shape index (κ1) is 11.0. The predicted octanol–water partition coefficient (Wildman–Crippen LogP) is 3.20. The number of unbranched alkanes of at least 4 members (excludes halogenated alkanes) is 1. The van der Waals surface area contributed by atoms with Gasteiger partial charge in [-0.15, -0.1) is 0 Å². The highest BCUT2D eigenvalue weighted by Gasteiger charge is 2.21. The summed E-state index contributed by atoms with van der Waals surface area (Å²) < 4.78 is 0. The largest absolute Gasteiger partial charge is 0.319 e. The molecule has 1 nitrogen and oxygen atoms in total. The Balaban J connectivity index is 2.11. The van der Waals surface area contributed by atoms with Gasteiger partial charge in [-0.2, -0.15) is 0 Å². The van der Waals surface area contributed by atoms with Gasteiger partial charge in [0.05, 0.1) is 0 Å². The highest BCUT2D eigenvalue weighted by molar-refractivity contribution is 4.74. The molecule has 1 saturated carbocycles. The summed E-state index contributed by atoms with van der Waals surface area (Å²) in [6, 6.07) is 0. The van der Waals surface area contributed by atoms with Crippen LogP contribution in [0.25, 0.3) is 0 Å². The Kier molecular flexibility index (Phi) is 5.45. The van der Waals surface area contributed by atoms with E-state index in [2.05, 4.69) is 19.3 Å². The minimum Gasteiger partial charge on any atom is -0.319 e. The first-order valence-corrected chi connectivity index (χ1v) is 6.01. The summed E-state index contributed by atoms with van der Waals surface area (Å²) in [4.78, 5) is 0. The molecule has 0 aromatic carbocycles. The molecule has 0 saturated heterocycles. The third-order valence-electron chi connectivity index (χ3n) is 3.35. The molecule has 1 atom stereocenters. The van der Waals surface area contributed by atoms with Gasteiger partial charge < -0.3 is 5.32 Å². The predicted molar refractivity (Wildman–Crippen MR) is 58.9 cm³/mol. The van der Waals surface area contributed by atoms with Crippen molar-refractivity contribution in [3.63, 3.8) is 0 Å². The van der Waals surface area contributed by atoms with Gasteiger partial charge in [0.15, 0.2) is 0 Å². The van der Waals surface area contributed by atoms with Gasteiger partial charge in [0.25, 0.3) is 0 Å². The van der Waals surface area contributed by atoms with Gasteiger partial charge in [0.1, 0.15) is 0 Å². The van der Waals surface area contributed by atoms with Crippen molar-refractivity contribution in [2.45, 2.75) is 51.9 Å². The first-order valence-electron chi connectivity index (χ1n) is 6.01. The molecule has 1 aliphatic rings. The lowest BCUT2D eigenvalue weighted by molar-refractivity contribution is 0.238. The van der Waals surface area contributed by atoms with Gasteiger partial charge >= 0.3 is 0 Å². The molecule has 13 heavy (non-hydrogen) atoms. The number of hydrogen-bond donors (Lipinski definition) is 1. The fourth-order valence-electron chi connectivity index (χ4n) is 2.28. The van der Waals surface area contributed by atoms with Gasteiger partial charge in [-0.05, 0) is 38.3 Å². The summed E-state index contributed by atoms with van der Waals surface area (Å²) in [7, 11) is 2.08. The SMILES string of the molecule is CCCCC(CNC)CC1CCC1. The molecule has 1 heteroatoms. The molecule has 1 aliphatic carbocycles. The Bertz CT molecular complexity index is 118. The molecule has 1 rings (SSSR count). The van der Waals surface area contributed by atoms with Gasteiger partial charge in [0.2, 0.25) is 0 Å². The lowest BCUT2D eigenvalue weighted by atomic mass is 9.78. The third-order valence-corrected chi connectivity index (χ3v) is 3.35. The Hall–Kier alpha value is -0.0400. The van der Waals surface area contributed by atoms with Crippen LogP contribution in [0.4, 0.5) is 0 Å². The molecule has 0 amide bonds. The monoisotopic (exact) mass is 183 g/mol. The van der Waals surface area contributed by atoms with Crippen molar-refractivity contribution >= 4 is 0 Å². The van der Waals surface area contributed by atoms with E-state index in [1.807, 2.05) is 0 Å². The van der Waals surface area contributed by atoms with Crippen LogP contribution in [0.2, 0.25) is 0 Å². The number of rotatable bonds is 7. The Morgan fingerprint density at radius 1 is 1.38 bits per heavy atom. The van der Waals surface area contributed by atoms with Crippen molar-refractivity contribution in [1.82, 2.24) is 5.32 Å². The van der Waals surface area contributed by atoms with Crippen molar-refractivity contribution in [3.05, 3.63) is 0 Å². The third kappa shape index (κ3) is 4.12. The molecule has 0 aliphatic heterocycles. The maximum atomic E-state index is 3.33. The lowest BCUT2D eigenvalue weighted by Crippen LogP contribution is -2.24. The van der Waals surface area contributed by atoms with Gasteiger partial charge in [-0.1, -0.05) is 39.0 Å². The van der Waals surface area contributed by atoms with Gasteiger partial charge in [0, 0.05) is 0 Å². The van der Waals surface area contributed by atoms with Crippen molar-refractivity contribution in [2.75, 3.05) is 13.6 Å². The van der Waals surface area contributed by atoms with Crippen molar-refractivity contribution in [2.24, 2.45) is 11.8 Å². The summed E-state index contributed by atoms with van der Waals surface area (Å²) in [6.07, 6.45) is 10.2. The van der Waals surface area contributed by atoms with Crippen LogP contribution in [-0.4, -0.2) is 13.6 Å². The van der Waals surface area contributed by atoms with Crippen molar-refractivity contribution in [1.29, 1.82) is 0 Å². The van der Waals surface area contributed by atoms with Gasteiger partial charge in [-0.3, -0.25) is 0 Å². The Labute approximate surface area is 83.3 Å². The first-order chi connectivity index (χ1) is 6.36. The van der Waals surface area contributed by atoms with Crippen LogP contribution in [0.3, 0.4) is 0 Å². The summed E-state index contributed by atoms with van der Waals surface area (Å²) in [6.45, 7) is 3.52. The van der Waals surface area contributed by atoms with Crippen LogP contribution < -0.4 is 5.32 Å². The maximum absolute atomic E-state index is 3.33. The van der Waals surface area contributed by atoms with Crippen LogP contribution in [0.1, 0.15) is 51.9 Å². The maximum Gasteiger partial charge on any atom is -0.00234 e. The fourth-order valence-corrected chi connectivity index (χ4v) is 2.28. The van der Waals surface area contributed by atoms with E-state index in [1.165, 1.54) is 51.5 Å². The topological polar surface area (TPSA) is 12.0 Å². The van der Waals surface area contributed by atoms with E-state index in [0.717, 1.165) is 11.8 Å². The normalized spacial score (nSPS) is 19.8. The van der Waals surface area contributed by atoms with Crippen molar-refractivity contribution in [3.8, 4) is 0 Å². The molecular formula is C12H25N. The molecule has 0 spiro atoms. The van der Waals surface area contributed by atoms with E-state index < -0.39 is 0 Å². The van der Waals surface area contributed by atoms with E-state index in [1.54, 1.807) is 0 Å². The number of hydrogen-bond acceptors (Lipinski definition) is 1. The summed E-state index contributed by atoms with van der Waals surface area (Å²) in [5.41, 5.74) is 0. The molecule has 0 bridgehead atoms. The second kappa shape index (κ2) is 6.42. The Morgan fingerprint density at radius 3 is 2.62 bits per heavy atom. The summed E-state index contributed by atoms with van der Waals surface area (Å²) in [5.74, 6) is 2.03. The molecule has 0 aromatic heterocycles. The van der Waals surface area contributed by atoms with E-state index >= 15 is 0 Å². The Morgan fingerprint density at radius 2 is 2.15 bits per heavy atom. The minimum atomic E-state index is 0.954. The average molecular weight is 183 g/mol. The molecule has 0 heterocycles. The quantitative estimate of drug-likeness (QED) is 0.639. The average Bonchev–Trinajstić information content (AvgIpc) is 2.07. The van der Waals surface area contributed by atoms with Crippen molar-refractivity contribution < 1.29 is 0 Å². The second-order valence-corrected chi connectivity index (χ2v) is 4.60. The molecule has 1 N–H and O–H groups in total. The highest BCUT2D eigenvalue weighted by atomic mass is 14.8. The molecule has 1 unspecified atom stereocenters. The van der Waals surface area contributed by atoms with E-state index in [9.17, 15) is 0 Å². The van der Waals surface area contributed by atoms with Crippen LogP contribution in [-0.2, 0) is 0 Å². The number of nitrogens with one attached hydrogen (secondary N) is 1. The fraction of sp³-hybridized carbons (Fsp3) is 1.00. The van der Waals surface area contributed by atoms with Gasteiger partial charge in [-0.25, -0.2) is 0 Å². The molecular weight excluding hydrogens is 158 g/mol. The zero-order valence-corrected chi connectivity index (χ0v) is 9.31. The van der Waals surface area contributed by atoms with Crippen LogP contribution >= 0.6 is 0 Å². The van der Waals surface area contributed by atoms with E-state index in [0.29, 0.717) is 0 Å². The summed E-state index contributed by atoms with van der Waals surface area (Å²) in [5, 5.41) is 3.33.